The summed E-state index contributed by atoms with van der Waals surface area (Å²) in [5.41, 5.74) is 1.00. The van der Waals surface area contributed by atoms with Crippen LogP contribution in [-0.4, -0.2) is 44.3 Å². The molecule has 1 aliphatic heterocycles. The van der Waals surface area contributed by atoms with Crippen LogP contribution in [0, 0.1) is 29.9 Å². The summed E-state index contributed by atoms with van der Waals surface area (Å²) in [4.78, 5) is 10.5. The van der Waals surface area contributed by atoms with Crippen molar-refractivity contribution in [1.29, 1.82) is 0 Å². The zero-order valence-corrected chi connectivity index (χ0v) is 15.7. The van der Waals surface area contributed by atoms with Gasteiger partial charge in [0.15, 0.2) is 0 Å². The first-order valence-electron chi connectivity index (χ1n) is 7.67. The molecule has 2 rings (SSSR count). The Kier molecular flexibility index (Phi) is 7.15. The molecule has 0 aliphatic carbocycles. The quantitative estimate of drug-likeness (QED) is 0.627. The van der Waals surface area contributed by atoms with Gasteiger partial charge in [-0.05, 0) is 57.3 Å². The van der Waals surface area contributed by atoms with Crippen LogP contribution in [0.25, 0.3) is 0 Å². The second-order valence-electron chi connectivity index (χ2n) is 6.07. The Bertz CT molecular complexity index is 707. The van der Waals surface area contributed by atoms with Crippen molar-refractivity contribution in [2.45, 2.75) is 31.6 Å². The Morgan fingerprint density at radius 2 is 2.04 bits per heavy atom. The lowest BCUT2D eigenvalue weighted by Gasteiger charge is -2.32. The van der Waals surface area contributed by atoms with E-state index in [-0.39, 0.29) is 28.9 Å². The van der Waals surface area contributed by atoms with E-state index in [2.05, 4.69) is 5.32 Å². The van der Waals surface area contributed by atoms with Crippen molar-refractivity contribution in [3.63, 3.8) is 0 Å². The van der Waals surface area contributed by atoms with Crippen LogP contribution >= 0.6 is 12.4 Å². The lowest BCUT2D eigenvalue weighted by molar-refractivity contribution is -0.385. The molecule has 1 fully saturated rings. The van der Waals surface area contributed by atoms with Crippen molar-refractivity contribution in [1.82, 2.24) is 9.62 Å². The number of rotatable bonds is 5. The molecule has 1 atom stereocenters. The van der Waals surface area contributed by atoms with Crippen LogP contribution in [0.3, 0.4) is 0 Å². The third-order valence-corrected chi connectivity index (χ3v) is 6.40. The number of nitro benzene ring substituents is 1. The predicted octanol–water partition coefficient (Wildman–Crippen LogP) is 2.25. The highest BCUT2D eigenvalue weighted by molar-refractivity contribution is 7.89. The molecular weight excluding hydrogens is 354 g/mol. The molecule has 0 aromatic heterocycles. The predicted molar refractivity (Wildman–Crippen MR) is 95.2 cm³/mol. The normalized spacial score (nSPS) is 18.9. The molecule has 1 heterocycles. The fraction of sp³-hybridized carbons (Fsp3) is 0.600. The van der Waals surface area contributed by atoms with E-state index in [9.17, 15) is 18.5 Å². The maximum absolute atomic E-state index is 13.0. The van der Waals surface area contributed by atoms with Gasteiger partial charge in [-0.25, -0.2) is 8.42 Å². The minimum Gasteiger partial charge on any atom is -0.319 e. The van der Waals surface area contributed by atoms with E-state index in [1.54, 1.807) is 13.8 Å². The highest BCUT2D eigenvalue weighted by atomic mass is 35.5. The first-order valence-corrected chi connectivity index (χ1v) is 9.11. The second kappa shape index (κ2) is 8.24. The molecular formula is C15H24ClN3O4S. The number of non-ortho nitro benzene ring substituents is 1. The van der Waals surface area contributed by atoms with Gasteiger partial charge >= 0.3 is 0 Å². The first kappa shape index (κ1) is 20.8. The summed E-state index contributed by atoms with van der Waals surface area (Å²) in [6, 6.07) is 2.59. The smallest absolute Gasteiger partial charge is 0.271 e. The van der Waals surface area contributed by atoms with E-state index >= 15 is 0 Å². The fourth-order valence-electron chi connectivity index (χ4n) is 3.02. The van der Waals surface area contributed by atoms with E-state index in [1.165, 1.54) is 16.4 Å². The molecule has 9 heteroatoms. The largest absolute Gasteiger partial charge is 0.319 e. The van der Waals surface area contributed by atoms with Crippen LogP contribution in [0.5, 0.6) is 0 Å². The molecule has 1 N–H and O–H groups in total. The molecule has 0 spiro atoms. The molecule has 0 bridgehead atoms. The lowest BCUT2D eigenvalue weighted by atomic mass is 10.00. The summed E-state index contributed by atoms with van der Waals surface area (Å²) in [6.45, 7) is 5.06. The Labute approximate surface area is 149 Å². The molecule has 1 unspecified atom stereocenters. The van der Waals surface area contributed by atoms with Crippen molar-refractivity contribution in [3.05, 3.63) is 33.4 Å². The standard InChI is InChI=1S/C15H23N3O4S.ClH/c1-11-7-14(18(19)20)8-15(12(11)2)23(21,22)17-6-4-5-13(10-17)9-16-3;/h7-8,13,16H,4-6,9-10H2,1-3H3;1H. The topological polar surface area (TPSA) is 92.6 Å². The summed E-state index contributed by atoms with van der Waals surface area (Å²) in [5, 5.41) is 14.1. The van der Waals surface area contributed by atoms with Gasteiger partial charge < -0.3 is 5.32 Å². The van der Waals surface area contributed by atoms with Gasteiger partial charge in [0.05, 0.1) is 9.82 Å². The van der Waals surface area contributed by atoms with E-state index in [0.717, 1.165) is 19.4 Å². The molecule has 0 radical (unpaired) electrons. The number of sulfonamides is 1. The Morgan fingerprint density at radius 1 is 1.38 bits per heavy atom. The van der Waals surface area contributed by atoms with Crippen LogP contribution in [-0.2, 0) is 10.0 Å². The SMILES string of the molecule is CNCC1CCCN(S(=O)(=O)c2cc([N+](=O)[O-])cc(C)c2C)C1.Cl. The number of hydrogen-bond donors (Lipinski definition) is 1. The number of nitrogens with zero attached hydrogens (tertiary/aromatic N) is 2. The highest BCUT2D eigenvalue weighted by Crippen LogP contribution is 2.30. The van der Waals surface area contributed by atoms with Gasteiger partial charge in [0.25, 0.3) is 5.69 Å². The minimum absolute atomic E-state index is 0. The number of benzene rings is 1. The van der Waals surface area contributed by atoms with Gasteiger partial charge in [0.2, 0.25) is 10.0 Å². The molecule has 7 nitrogen and oxygen atoms in total. The van der Waals surface area contributed by atoms with Gasteiger partial charge in [-0.1, -0.05) is 0 Å². The third kappa shape index (κ3) is 4.24. The Balaban J connectivity index is 0.00000288. The third-order valence-electron chi connectivity index (χ3n) is 4.41. The average Bonchev–Trinajstić information content (AvgIpc) is 2.50. The van der Waals surface area contributed by atoms with Crippen LogP contribution in [0.15, 0.2) is 17.0 Å². The zero-order valence-electron chi connectivity index (χ0n) is 14.1. The number of nitrogens with one attached hydrogen (secondary N) is 1. The average molecular weight is 378 g/mol. The summed E-state index contributed by atoms with van der Waals surface area (Å²) >= 11 is 0. The lowest BCUT2D eigenvalue weighted by Crippen LogP contribution is -2.42. The molecule has 0 saturated carbocycles. The monoisotopic (exact) mass is 377 g/mol. The van der Waals surface area contributed by atoms with Crippen molar-refractivity contribution < 1.29 is 13.3 Å². The van der Waals surface area contributed by atoms with Crippen LogP contribution < -0.4 is 5.32 Å². The number of piperidine rings is 1. The zero-order chi connectivity index (χ0) is 17.2. The number of hydrogen-bond acceptors (Lipinski definition) is 5. The van der Waals surface area contributed by atoms with E-state index < -0.39 is 14.9 Å². The number of halogens is 1. The van der Waals surface area contributed by atoms with Crippen molar-refractivity contribution in [2.24, 2.45) is 5.92 Å². The molecule has 1 aromatic rings. The van der Waals surface area contributed by atoms with Crippen LogP contribution in [0.2, 0.25) is 0 Å². The molecule has 1 saturated heterocycles. The summed E-state index contributed by atoms with van der Waals surface area (Å²) < 4.78 is 27.4. The summed E-state index contributed by atoms with van der Waals surface area (Å²) in [5.74, 6) is 0.267. The van der Waals surface area contributed by atoms with E-state index in [1.807, 2.05) is 7.05 Å². The van der Waals surface area contributed by atoms with Gasteiger partial charge in [-0.2, -0.15) is 4.31 Å². The van der Waals surface area contributed by atoms with Crippen molar-refractivity contribution >= 4 is 28.1 Å². The Hall–Kier alpha value is -1.22. The Morgan fingerprint density at radius 3 is 2.62 bits per heavy atom. The molecule has 24 heavy (non-hydrogen) atoms. The van der Waals surface area contributed by atoms with Gasteiger partial charge in [0, 0.05) is 25.2 Å². The maximum atomic E-state index is 13.0. The van der Waals surface area contributed by atoms with Crippen LogP contribution in [0.1, 0.15) is 24.0 Å². The molecule has 0 amide bonds. The molecule has 1 aliphatic rings. The maximum Gasteiger partial charge on any atom is 0.271 e. The number of aryl methyl sites for hydroxylation is 1. The van der Waals surface area contributed by atoms with Crippen LogP contribution in [0.4, 0.5) is 5.69 Å². The molecule has 1 aromatic carbocycles. The van der Waals surface area contributed by atoms with E-state index in [4.69, 9.17) is 0 Å². The fourth-order valence-corrected chi connectivity index (χ4v) is 4.89. The van der Waals surface area contributed by atoms with E-state index in [0.29, 0.717) is 24.2 Å². The summed E-state index contributed by atoms with van der Waals surface area (Å²) in [6.07, 6.45) is 1.79. The highest BCUT2D eigenvalue weighted by Gasteiger charge is 2.32. The van der Waals surface area contributed by atoms with Gasteiger partial charge in [0.1, 0.15) is 0 Å². The molecule has 136 valence electrons. The van der Waals surface area contributed by atoms with Gasteiger partial charge in [-0.15, -0.1) is 12.4 Å². The van der Waals surface area contributed by atoms with Crippen molar-refractivity contribution in [3.8, 4) is 0 Å². The first-order chi connectivity index (χ1) is 10.8. The second-order valence-corrected chi connectivity index (χ2v) is 7.98. The van der Waals surface area contributed by atoms with Gasteiger partial charge in [-0.3, -0.25) is 10.1 Å². The van der Waals surface area contributed by atoms with Crippen molar-refractivity contribution in [2.75, 3.05) is 26.7 Å². The number of nitro groups is 1. The summed E-state index contributed by atoms with van der Waals surface area (Å²) in [7, 11) is -1.87. The minimum atomic E-state index is -3.72.